The molecule has 5 nitrogen and oxygen atoms in total. The number of para-hydroxylation sites is 4. The molecule has 6 heteroatoms. The van der Waals surface area contributed by atoms with Gasteiger partial charge in [-0.25, -0.2) is 9.97 Å². The van der Waals surface area contributed by atoms with Crippen molar-refractivity contribution in [2.45, 2.75) is 0 Å². The van der Waals surface area contributed by atoms with Gasteiger partial charge < -0.3 is 8.98 Å². The second-order valence-electron chi connectivity index (χ2n) is 13.4. The van der Waals surface area contributed by atoms with Crippen LogP contribution in [0.4, 0.5) is 0 Å². The van der Waals surface area contributed by atoms with Gasteiger partial charge in [-0.15, -0.1) is 11.3 Å². The maximum atomic E-state index is 6.61. The summed E-state index contributed by atoms with van der Waals surface area (Å²) in [5.41, 5.74) is 9.61. The molecule has 0 N–H and O–H groups in total. The molecular weight excluding hydrogens is 657 g/mol. The zero-order valence-corrected chi connectivity index (χ0v) is 28.4. The lowest BCUT2D eigenvalue weighted by Crippen LogP contribution is -2.02. The lowest BCUT2D eigenvalue weighted by Gasteiger charge is -2.10. The van der Waals surface area contributed by atoms with Crippen molar-refractivity contribution in [3.8, 4) is 22.9 Å². The fourth-order valence-corrected chi connectivity index (χ4v) is 9.56. The minimum atomic E-state index is 0.618. The average Bonchev–Trinajstić information content (AvgIpc) is 3.95. The fourth-order valence-electron chi connectivity index (χ4n) is 8.30. The van der Waals surface area contributed by atoms with Gasteiger partial charge in [0, 0.05) is 58.4 Å². The lowest BCUT2D eigenvalue weighted by molar-refractivity contribution is 0.666. The molecule has 12 aromatic rings. The van der Waals surface area contributed by atoms with Crippen LogP contribution in [0.3, 0.4) is 0 Å². The first-order chi connectivity index (χ1) is 25.8. The van der Waals surface area contributed by atoms with Crippen LogP contribution in [0.5, 0.6) is 0 Å². The normalized spacial score (nSPS) is 12.2. The Morgan fingerprint density at radius 3 is 2.02 bits per heavy atom. The summed E-state index contributed by atoms with van der Waals surface area (Å²) in [7, 11) is 0. The third kappa shape index (κ3) is 3.76. The predicted octanol–water partition coefficient (Wildman–Crippen LogP) is 12.6. The van der Waals surface area contributed by atoms with Gasteiger partial charge in [0.25, 0.3) is 0 Å². The second-order valence-corrected chi connectivity index (χ2v) is 14.4. The highest BCUT2D eigenvalue weighted by atomic mass is 32.1. The van der Waals surface area contributed by atoms with E-state index in [2.05, 4.69) is 149 Å². The van der Waals surface area contributed by atoms with Crippen LogP contribution >= 0.6 is 11.3 Å². The Labute approximate surface area is 300 Å². The van der Waals surface area contributed by atoms with Gasteiger partial charge in [0.15, 0.2) is 5.58 Å². The number of hydrogen-bond acceptors (Lipinski definition) is 4. The topological polar surface area (TPSA) is 48.8 Å². The SMILES string of the molecule is c1ccc(-n2c3ccccc3c3cc(-c4nc(-n5c6ccccc6c6c7sc8ccccc8c7ccc65)nc5c4oc4ccccc45)ccc32)cc1. The van der Waals surface area contributed by atoms with E-state index >= 15 is 0 Å². The molecule has 242 valence electrons. The highest BCUT2D eigenvalue weighted by Gasteiger charge is 2.23. The van der Waals surface area contributed by atoms with Crippen molar-refractivity contribution in [1.82, 2.24) is 19.1 Å². The van der Waals surface area contributed by atoms with E-state index in [0.717, 1.165) is 60.9 Å². The Morgan fingerprint density at radius 2 is 1.15 bits per heavy atom. The van der Waals surface area contributed by atoms with Gasteiger partial charge in [0.2, 0.25) is 5.95 Å². The Morgan fingerprint density at radius 1 is 0.481 bits per heavy atom. The standard InChI is InChI=1S/C46H26N4OS/c1-2-12-28(13-3-1)49-35-18-8-4-14-29(35)34-26-27(22-24-37(34)49)42-44-43(33-17-6-10-20-39(33)51-44)48-46(47-42)50-36-19-9-5-16-32(36)41-38(50)25-23-31-30-15-7-11-21-40(30)52-45(31)41/h1-26H. The number of thiophene rings is 1. The lowest BCUT2D eigenvalue weighted by atomic mass is 10.1. The molecule has 0 aliphatic heterocycles. The molecule has 0 aliphatic carbocycles. The van der Waals surface area contributed by atoms with E-state index < -0.39 is 0 Å². The zero-order chi connectivity index (χ0) is 33.9. The monoisotopic (exact) mass is 682 g/mol. The molecule has 0 amide bonds. The Hall–Kier alpha value is -6.76. The molecule has 0 bridgehead atoms. The van der Waals surface area contributed by atoms with Crippen LogP contribution in [0, 0.1) is 0 Å². The molecule has 5 aromatic heterocycles. The summed E-state index contributed by atoms with van der Waals surface area (Å²) in [5.74, 6) is 0.618. The molecule has 5 heterocycles. The summed E-state index contributed by atoms with van der Waals surface area (Å²) >= 11 is 1.85. The van der Waals surface area contributed by atoms with E-state index in [0.29, 0.717) is 11.5 Å². The van der Waals surface area contributed by atoms with Crippen LogP contribution in [0.1, 0.15) is 0 Å². The molecule has 0 saturated heterocycles. The van der Waals surface area contributed by atoms with Crippen molar-refractivity contribution in [2.75, 3.05) is 0 Å². The summed E-state index contributed by atoms with van der Waals surface area (Å²) in [4.78, 5) is 10.8. The van der Waals surface area contributed by atoms with E-state index in [9.17, 15) is 0 Å². The molecule has 0 unspecified atom stereocenters. The van der Waals surface area contributed by atoms with Crippen molar-refractivity contribution in [2.24, 2.45) is 0 Å². The van der Waals surface area contributed by atoms with Gasteiger partial charge in [-0.05, 0) is 60.7 Å². The van der Waals surface area contributed by atoms with Crippen molar-refractivity contribution in [3.05, 3.63) is 158 Å². The number of aromatic nitrogens is 4. The third-order valence-corrected chi connectivity index (χ3v) is 11.8. The zero-order valence-electron chi connectivity index (χ0n) is 27.6. The maximum absolute atomic E-state index is 6.61. The van der Waals surface area contributed by atoms with Gasteiger partial charge in [0.1, 0.15) is 16.8 Å². The van der Waals surface area contributed by atoms with Crippen LogP contribution in [0.15, 0.2) is 162 Å². The molecule has 7 aromatic carbocycles. The summed E-state index contributed by atoms with van der Waals surface area (Å²) in [6.45, 7) is 0. The summed E-state index contributed by atoms with van der Waals surface area (Å²) in [5, 5.41) is 8.29. The molecule has 0 aliphatic rings. The molecule has 0 spiro atoms. The molecule has 12 rings (SSSR count). The minimum Gasteiger partial charge on any atom is -0.452 e. The van der Waals surface area contributed by atoms with E-state index in [1.165, 1.54) is 36.3 Å². The van der Waals surface area contributed by atoms with E-state index in [1.54, 1.807) is 0 Å². The number of furan rings is 1. The van der Waals surface area contributed by atoms with Gasteiger partial charge in [-0.3, -0.25) is 4.57 Å². The minimum absolute atomic E-state index is 0.618. The van der Waals surface area contributed by atoms with Crippen LogP contribution < -0.4 is 0 Å². The largest absolute Gasteiger partial charge is 0.452 e. The third-order valence-electron chi connectivity index (χ3n) is 10.5. The number of fused-ring (bicyclic) bond motifs is 13. The molecule has 0 fully saturated rings. The van der Waals surface area contributed by atoms with Crippen molar-refractivity contribution in [3.63, 3.8) is 0 Å². The van der Waals surface area contributed by atoms with Crippen LogP contribution in [0.2, 0.25) is 0 Å². The second kappa shape index (κ2) is 10.4. The first kappa shape index (κ1) is 28.0. The van der Waals surface area contributed by atoms with Gasteiger partial charge in [-0.1, -0.05) is 97.1 Å². The quantitative estimate of drug-likeness (QED) is 0.186. The van der Waals surface area contributed by atoms with Gasteiger partial charge in [-0.2, -0.15) is 0 Å². The Bertz CT molecular complexity index is 3420. The van der Waals surface area contributed by atoms with Crippen LogP contribution in [0.25, 0.3) is 109 Å². The maximum Gasteiger partial charge on any atom is 0.236 e. The summed E-state index contributed by atoms with van der Waals surface area (Å²) in [6.07, 6.45) is 0. The van der Waals surface area contributed by atoms with Crippen molar-refractivity contribution < 1.29 is 4.42 Å². The van der Waals surface area contributed by atoms with Gasteiger partial charge >= 0.3 is 0 Å². The average molecular weight is 683 g/mol. The number of hydrogen-bond donors (Lipinski definition) is 0. The molecule has 0 atom stereocenters. The number of rotatable bonds is 3. The highest BCUT2D eigenvalue weighted by Crippen LogP contribution is 2.44. The van der Waals surface area contributed by atoms with Crippen LogP contribution in [-0.2, 0) is 0 Å². The van der Waals surface area contributed by atoms with E-state index in [-0.39, 0.29) is 0 Å². The number of nitrogens with zero attached hydrogens (tertiary/aromatic N) is 4. The van der Waals surface area contributed by atoms with Gasteiger partial charge in [0.05, 0.1) is 22.1 Å². The van der Waals surface area contributed by atoms with E-state index in [1.807, 2.05) is 29.5 Å². The fraction of sp³-hybridized carbons (Fsp3) is 0. The smallest absolute Gasteiger partial charge is 0.236 e. The molecule has 0 saturated carbocycles. The summed E-state index contributed by atoms with van der Waals surface area (Å²) in [6, 6.07) is 55.8. The Kier molecular flexibility index (Phi) is 5.59. The highest BCUT2D eigenvalue weighted by molar-refractivity contribution is 7.26. The molecule has 0 radical (unpaired) electrons. The van der Waals surface area contributed by atoms with Crippen LogP contribution in [-0.4, -0.2) is 19.1 Å². The number of benzene rings is 7. The van der Waals surface area contributed by atoms with E-state index in [4.69, 9.17) is 14.4 Å². The first-order valence-corrected chi connectivity index (χ1v) is 18.2. The Balaban J connectivity index is 1.18. The van der Waals surface area contributed by atoms with Crippen molar-refractivity contribution >= 4 is 97.2 Å². The molecular formula is C46H26N4OS. The predicted molar refractivity (Wildman–Crippen MR) is 216 cm³/mol. The molecule has 52 heavy (non-hydrogen) atoms. The first-order valence-electron chi connectivity index (χ1n) is 17.4. The summed E-state index contributed by atoms with van der Waals surface area (Å²) < 4.78 is 13.8. The van der Waals surface area contributed by atoms with Crippen molar-refractivity contribution in [1.29, 1.82) is 0 Å².